The zero-order chi connectivity index (χ0) is 12.1. The summed E-state index contributed by atoms with van der Waals surface area (Å²) in [5.74, 6) is 2.03. The smallest absolute Gasteiger partial charge is 0.233 e. The van der Waals surface area contributed by atoms with Crippen LogP contribution in [0.25, 0.3) is 0 Å². The highest BCUT2D eigenvalue weighted by molar-refractivity contribution is 5.50. The third-order valence-electron chi connectivity index (χ3n) is 1.95. The van der Waals surface area contributed by atoms with Crippen molar-refractivity contribution in [2.45, 2.75) is 0 Å². The molecule has 0 amide bonds. The molecule has 7 nitrogen and oxygen atoms in total. The Morgan fingerprint density at radius 1 is 0.765 bits per heavy atom. The van der Waals surface area contributed by atoms with Crippen molar-refractivity contribution in [3.63, 3.8) is 0 Å². The second kappa shape index (κ2) is 5.06. The molecule has 0 bridgehead atoms. The zero-order valence-electron chi connectivity index (χ0n) is 9.41. The van der Waals surface area contributed by atoms with Crippen LogP contribution in [-0.2, 0) is 0 Å². The molecular formula is C10H11N5O2. The van der Waals surface area contributed by atoms with E-state index in [9.17, 15) is 0 Å². The highest BCUT2D eigenvalue weighted by Gasteiger charge is 2.00. The first-order valence-corrected chi connectivity index (χ1v) is 4.84. The van der Waals surface area contributed by atoms with Gasteiger partial charge in [-0.3, -0.25) is 0 Å². The molecule has 0 saturated carbocycles. The molecule has 0 atom stereocenters. The van der Waals surface area contributed by atoms with Crippen LogP contribution >= 0.6 is 0 Å². The zero-order valence-corrected chi connectivity index (χ0v) is 9.41. The topological polar surface area (TPSA) is 82.0 Å². The first kappa shape index (κ1) is 11.1. The predicted octanol–water partition coefficient (Wildman–Crippen LogP) is 1.03. The van der Waals surface area contributed by atoms with Gasteiger partial charge in [0.05, 0.1) is 14.2 Å². The monoisotopic (exact) mass is 233 g/mol. The molecule has 0 saturated heterocycles. The summed E-state index contributed by atoms with van der Waals surface area (Å²) in [4.78, 5) is 0. The van der Waals surface area contributed by atoms with Crippen molar-refractivity contribution >= 4 is 11.6 Å². The van der Waals surface area contributed by atoms with E-state index in [1.807, 2.05) is 0 Å². The molecule has 17 heavy (non-hydrogen) atoms. The summed E-state index contributed by atoms with van der Waals surface area (Å²) < 4.78 is 9.81. The summed E-state index contributed by atoms with van der Waals surface area (Å²) in [7, 11) is 3.07. The Balaban J connectivity index is 2.08. The normalized spacial score (nSPS) is 9.76. The van der Waals surface area contributed by atoms with Crippen molar-refractivity contribution in [1.29, 1.82) is 0 Å². The van der Waals surface area contributed by atoms with Crippen LogP contribution in [0.3, 0.4) is 0 Å². The minimum absolute atomic E-state index is 0.455. The second-order valence-corrected chi connectivity index (χ2v) is 3.05. The molecule has 0 fully saturated rings. The quantitative estimate of drug-likeness (QED) is 0.844. The van der Waals surface area contributed by atoms with Crippen LogP contribution in [0.4, 0.5) is 11.6 Å². The number of methoxy groups -OCH3 is 2. The molecule has 0 aliphatic heterocycles. The van der Waals surface area contributed by atoms with Crippen LogP contribution in [0, 0.1) is 0 Å². The van der Waals surface area contributed by atoms with Gasteiger partial charge in [-0.1, -0.05) is 0 Å². The van der Waals surface area contributed by atoms with Crippen LogP contribution < -0.4 is 14.8 Å². The van der Waals surface area contributed by atoms with Crippen molar-refractivity contribution in [1.82, 2.24) is 20.4 Å². The maximum atomic E-state index is 4.90. The van der Waals surface area contributed by atoms with Crippen LogP contribution in [0.15, 0.2) is 24.3 Å². The van der Waals surface area contributed by atoms with Crippen molar-refractivity contribution in [2.24, 2.45) is 0 Å². The molecule has 2 heterocycles. The summed E-state index contributed by atoms with van der Waals surface area (Å²) in [6.45, 7) is 0. The Kier molecular flexibility index (Phi) is 3.29. The molecule has 0 spiro atoms. The average Bonchev–Trinajstić information content (AvgIpc) is 2.40. The van der Waals surface area contributed by atoms with E-state index in [2.05, 4.69) is 25.7 Å². The molecule has 7 heteroatoms. The number of nitrogens with zero attached hydrogens (tertiary/aromatic N) is 4. The van der Waals surface area contributed by atoms with E-state index in [4.69, 9.17) is 9.47 Å². The van der Waals surface area contributed by atoms with E-state index in [-0.39, 0.29) is 0 Å². The molecule has 0 aromatic carbocycles. The number of nitrogens with one attached hydrogen (secondary N) is 1. The van der Waals surface area contributed by atoms with Crippen LogP contribution in [0.2, 0.25) is 0 Å². The lowest BCUT2D eigenvalue weighted by Crippen LogP contribution is -2.00. The largest absolute Gasteiger partial charge is 0.480 e. The number of hydrogen-bond donors (Lipinski definition) is 1. The SMILES string of the molecule is COc1ccc(Nc2ccc(OC)nn2)nn1. The van der Waals surface area contributed by atoms with Gasteiger partial charge in [-0.25, -0.2) is 0 Å². The van der Waals surface area contributed by atoms with Gasteiger partial charge in [0.1, 0.15) is 0 Å². The van der Waals surface area contributed by atoms with E-state index in [0.717, 1.165) is 0 Å². The van der Waals surface area contributed by atoms with Crippen molar-refractivity contribution in [3.05, 3.63) is 24.3 Å². The molecule has 0 unspecified atom stereocenters. The summed E-state index contributed by atoms with van der Waals surface area (Å²) in [5.41, 5.74) is 0. The third kappa shape index (κ3) is 2.77. The van der Waals surface area contributed by atoms with E-state index in [0.29, 0.717) is 23.4 Å². The van der Waals surface area contributed by atoms with Gasteiger partial charge in [0.15, 0.2) is 11.6 Å². The fraction of sp³-hybridized carbons (Fsp3) is 0.200. The second-order valence-electron chi connectivity index (χ2n) is 3.05. The van der Waals surface area contributed by atoms with E-state index < -0.39 is 0 Å². The molecular weight excluding hydrogens is 222 g/mol. The fourth-order valence-corrected chi connectivity index (χ4v) is 1.12. The molecule has 0 aliphatic rings. The minimum atomic E-state index is 0.455. The molecule has 88 valence electrons. The standard InChI is InChI=1S/C10H11N5O2/c1-16-9-5-3-7(12-14-9)11-8-4-6-10(17-2)15-13-8/h3-6H,1-2H3,(H,11,12,13). The van der Waals surface area contributed by atoms with E-state index in [1.54, 1.807) is 24.3 Å². The van der Waals surface area contributed by atoms with Gasteiger partial charge in [0.2, 0.25) is 11.8 Å². The van der Waals surface area contributed by atoms with E-state index >= 15 is 0 Å². The lowest BCUT2D eigenvalue weighted by Gasteiger charge is -2.04. The number of aromatic nitrogens is 4. The Hall–Kier alpha value is -2.44. The van der Waals surface area contributed by atoms with Gasteiger partial charge in [0, 0.05) is 12.1 Å². The first-order chi connectivity index (χ1) is 8.31. The molecule has 2 aromatic rings. The van der Waals surface area contributed by atoms with Gasteiger partial charge in [-0.05, 0) is 12.1 Å². The summed E-state index contributed by atoms with van der Waals surface area (Å²) in [5, 5.41) is 18.4. The Bertz CT molecular complexity index is 426. The summed E-state index contributed by atoms with van der Waals surface area (Å²) in [6, 6.07) is 6.87. The molecule has 2 aromatic heterocycles. The maximum absolute atomic E-state index is 4.90. The van der Waals surface area contributed by atoms with Crippen LogP contribution in [0.1, 0.15) is 0 Å². The third-order valence-corrected chi connectivity index (χ3v) is 1.95. The maximum Gasteiger partial charge on any atom is 0.233 e. The predicted molar refractivity (Wildman–Crippen MR) is 60.5 cm³/mol. The minimum Gasteiger partial charge on any atom is -0.480 e. The summed E-state index contributed by atoms with van der Waals surface area (Å²) >= 11 is 0. The van der Waals surface area contributed by atoms with E-state index in [1.165, 1.54) is 14.2 Å². The van der Waals surface area contributed by atoms with Crippen LogP contribution in [0.5, 0.6) is 11.8 Å². The highest BCUT2D eigenvalue weighted by atomic mass is 16.5. The van der Waals surface area contributed by atoms with Gasteiger partial charge in [0.25, 0.3) is 0 Å². The van der Waals surface area contributed by atoms with Crippen molar-refractivity contribution < 1.29 is 9.47 Å². The Morgan fingerprint density at radius 2 is 1.24 bits per heavy atom. The lowest BCUT2D eigenvalue weighted by atomic mass is 10.4. The molecule has 0 aliphatic carbocycles. The lowest BCUT2D eigenvalue weighted by molar-refractivity contribution is 0.392. The molecule has 1 N–H and O–H groups in total. The van der Waals surface area contributed by atoms with Gasteiger partial charge in [-0.15, -0.1) is 20.4 Å². The summed E-state index contributed by atoms with van der Waals surface area (Å²) in [6.07, 6.45) is 0. The molecule has 2 rings (SSSR count). The Labute approximate surface area is 97.8 Å². The number of rotatable bonds is 4. The molecule has 0 radical (unpaired) electrons. The van der Waals surface area contributed by atoms with Gasteiger partial charge >= 0.3 is 0 Å². The van der Waals surface area contributed by atoms with Gasteiger partial charge in [-0.2, -0.15) is 0 Å². The first-order valence-electron chi connectivity index (χ1n) is 4.84. The number of ether oxygens (including phenoxy) is 2. The van der Waals surface area contributed by atoms with Crippen LogP contribution in [-0.4, -0.2) is 34.6 Å². The number of hydrogen-bond acceptors (Lipinski definition) is 7. The fourth-order valence-electron chi connectivity index (χ4n) is 1.12. The average molecular weight is 233 g/mol. The van der Waals surface area contributed by atoms with Crippen molar-refractivity contribution in [3.8, 4) is 11.8 Å². The van der Waals surface area contributed by atoms with Gasteiger partial charge < -0.3 is 14.8 Å². The highest BCUT2D eigenvalue weighted by Crippen LogP contribution is 2.14. The number of anilines is 2. The van der Waals surface area contributed by atoms with Crippen molar-refractivity contribution in [2.75, 3.05) is 19.5 Å². The Morgan fingerprint density at radius 3 is 1.53 bits per heavy atom.